The van der Waals surface area contributed by atoms with E-state index in [9.17, 15) is 9.90 Å². The lowest BCUT2D eigenvalue weighted by Crippen LogP contribution is -2.17. The molecular weight excluding hydrogens is 270 g/mol. The van der Waals surface area contributed by atoms with Gasteiger partial charge in [-0.25, -0.2) is 4.79 Å². The van der Waals surface area contributed by atoms with E-state index >= 15 is 0 Å². The Hall–Kier alpha value is -0.770. The zero-order chi connectivity index (χ0) is 11.3. The lowest BCUT2D eigenvalue weighted by molar-refractivity contribution is 0.0681. The number of carbonyl (C=O) groups is 1. The average Bonchev–Trinajstić information content (AvgIpc) is 3.07. The Morgan fingerprint density at radius 3 is 2.38 bits per heavy atom. The first-order valence-corrected chi connectivity index (χ1v) is 6.57. The third-order valence-electron chi connectivity index (χ3n) is 3.57. The van der Waals surface area contributed by atoms with Crippen LogP contribution in [0.1, 0.15) is 42.2 Å². The average molecular weight is 284 g/mol. The Kier molecular flexibility index (Phi) is 2.35. The number of halogens is 1. The molecule has 16 heavy (non-hydrogen) atoms. The molecule has 1 aromatic heterocycles. The molecule has 3 rings (SSSR count). The van der Waals surface area contributed by atoms with Crippen LogP contribution < -0.4 is 0 Å². The highest BCUT2D eigenvalue weighted by atomic mass is 79.9. The van der Waals surface area contributed by atoms with Crippen LogP contribution in [0.15, 0.2) is 16.7 Å². The maximum Gasteiger partial charge on any atom is 0.352 e. The molecular formula is C12H14BrNO2. The summed E-state index contributed by atoms with van der Waals surface area (Å²) in [5.74, 6) is 0.604. The van der Waals surface area contributed by atoms with Crippen molar-refractivity contribution in [2.45, 2.75) is 31.7 Å². The fraction of sp³-hybridized carbons (Fsp3) is 0.583. The molecule has 2 saturated carbocycles. The first kappa shape index (κ1) is 10.4. The summed E-state index contributed by atoms with van der Waals surface area (Å²) in [6.07, 6.45) is 6.98. The molecule has 1 aromatic rings. The number of carboxylic acids is 1. The van der Waals surface area contributed by atoms with Gasteiger partial charge < -0.3 is 9.67 Å². The van der Waals surface area contributed by atoms with Crippen LogP contribution in [0.4, 0.5) is 0 Å². The normalized spacial score (nSPS) is 20.4. The van der Waals surface area contributed by atoms with E-state index in [0.29, 0.717) is 23.6 Å². The summed E-state index contributed by atoms with van der Waals surface area (Å²) in [4.78, 5) is 11.2. The summed E-state index contributed by atoms with van der Waals surface area (Å²) in [6.45, 7) is 0. The van der Waals surface area contributed by atoms with Gasteiger partial charge in [0, 0.05) is 16.7 Å². The maximum absolute atomic E-state index is 11.2. The van der Waals surface area contributed by atoms with Crippen molar-refractivity contribution in [3.63, 3.8) is 0 Å². The van der Waals surface area contributed by atoms with E-state index in [-0.39, 0.29) is 0 Å². The van der Waals surface area contributed by atoms with Gasteiger partial charge in [-0.3, -0.25) is 0 Å². The molecule has 2 aliphatic rings. The molecule has 0 amide bonds. The van der Waals surface area contributed by atoms with E-state index in [2.05, 4.69) is 15.9 Å². The van der Waals surface area contributed by atoms with Crippen molar-refractivity contribution < 1.29 is 9.90 Å². The van der Waals surface area contributed by atoms with Gasteiger partial charge in [-0.05, 0) is 59.5 Å². The van der Waals surface area contributed by atoms with Crippen molar-refractivity contribution in [1.29, 1.82) is 0 Å². The zero-order valence-corrected chi connectivity index (χ0v) is 10.5. The van der Waals surface area contributed by atoms with Crippen molar-refractivity contribution in [2.75, 3.05) is 0 Å². The minimum absolute atomic E-state index is 0.427. The highest BCUT2D eigenvalue weighted by Gasteiger charge is 2.43. The molecule has 0 spiro atoms. The van der Waals surface area contributed by atoms with Gasteiger partial charge in [0.1, 0.15) is 5.69 Å². The molecule has 2 fully saturated rings. The van der Waals surface area contributed by atoms with Crippen LogP contribution in [0.25, 0.3) is 0 Å². The minimum Gasteiger partial charge on any atom is -0.477 e. The largest absolute Gasteiger partial charge is 0.477 e. The van der Waals surface area contributed by atoms with E-state index < -0.39 is 5.97 Å². The van der Waals surface area contributed by atoms with Gasteiger partial charge >= 0.3 is 5.97 Å². The van der Waals surface area contributed by atoms with Gasteiger partial charge in [-0.2, -0.15) is 0 Å². The number of aromatic nitrogens is 1. The van der Waals surface area contributed by atoms with Crippen molar-refractivity contribution in [3.8, 4) is 0 Å². The smallest absolute Gasteiger partial charge is 0.352 e. The third kappa shape index (κ3) is 1.79. The maximum atomic E-state index is 11.2. The second kappa shape index (κ2) is 3.62. The van der Waals surface area contributed by atoms with Crippen molar-refractivity contribution in [1.82, 2.24) is 4.57 Å². The van der Waals surface area contributed by atoms with Crippen molar-refractivity contribution >= 4 is 21.9 Å². The number of hydrogen-bond acceptors (Lipinski definition) is 1. The van der Waals surface area contributed by atoms with Gasteiger partial charge in [0.2, 0.25) is 0 Å². The summed E-state index contributed by atoms with van der Waals surface area (Å²) < 4.78 is 2.86. The highest BCUT2D eigenvalue weighted by molar-refractivity contribution is 9.10. The Balaban J connectivity index is 1.98. The molecule has 0 aromatic carbocycles. The number of hydrogen-bond donors (Lipinski definition) is 1. The molecule has 86 valence electrons. The summed E-state index contributed by atoms with van der Waals surface area (Å²) in [5, 5.41) is 9.19. The summed E-state index contributed by atoms with van der Waals surface area (Å²) in [7, 11) is 0. The fourth-order valence-electron chi connectivity index (χ4n) is 2.58. The molecule has 2 aliphatic carbocycles. The van der Waals surface area contributed by atoms with Crippen LogP contribution in [-0.4, -0.2) is 15.6 Å². The van der Waals surface area contributed by atoms with Crippen molar-refractivity contribution in [2.24, 2.45) is 11.8 Å². The Labute approximate surface area is 103 Å². The topological polar surface area (TPSA) is 42.2 Å². The van der Waals surface area contributed by atoms with Crippen LogP contribution in [0.5, 0.6) is 0 Å². The summed E-state index contributed by atoms with van der Waals surface area (Å²) in [5.41, 5.74) is 0.427. The van der Waals surface area contributed by atoms with Crippen molar-refractivity contribution in [3.05, 3.63) is 22.4 Å². The molecule has 0 unspecified atom stereocenters. The molecule has 1 N–H and O–H groups in total. The predicted octanol–water partition coefficient (Wildman–Crippen LogP) is 3.31. The molecule has 0 aliphatic heterocycles. The lowest BCUT2D eigenvalue weighted by Gasteiger charge is -2.19. The second-order valence-electron chi connectivity index (χ2n) is 4.92. The van der Waals surface area contributed by atoms with Crippen LogP contribution >= 0.6 is 15.9 Å². The lowest BCUT2D eigenvalue weighted by atomic mass is 10.1. The van der Waals surface area contributed by atoms with E-state index in [1.165, 1.54) is 25.7 Å². The third-order valence-corrected chi connectivity index (χ3v) is 4.00. The SMILES string of the molecule is O=C(O)c1cc(Br)cn1C(C1CC1)C1CC1. The van der Waals surface area contributed by atoms with Gasteiger partial charge in [-0.15, -0.1) is 0 Å². The van der Waals surface area contributed by atoms with E-state index in [1.54, 1.807) is 6.07 Å². The second-order valence-corrected chi connectivity index (χ2v) is 5.84. The van der Waals surface area contributed by atoms with Gasteiger partial charge in [0.05, 0.1) is 0 Å². The number of carboxylic acid groups (broad SMARTS) is 1. The molecule has 1 heterocycles. The quantitative estimate of drug-likeness (QED) is 0.921. The predicted molar refractivity (Wildman–Crippen MR) is 63.6 cm³/mol. The molecule has 3 nitrogen and oxygen atoms in total. The van der Waals surface area contributed by atoms with E-state index in [0.717, 1.165) is 4.47 Å². The summed E-state index contributed by atoms with van der Waals surface area (Å²) >= 11 is 3.37. The zero-order valence-electron chi connectivity index (χ0n) is 8.90. The number of aromatic carboxylic acids is 1. The highest BCUT2D eigenvalue weighted by Crippen LogP contribution is 2.52. The van der Waals surface area contributed by atoms with E-state index in [1.807, 2.05) is 10.8 Å². The van der Waals surface area contributed by atoms with Crippen LogP contribution in [0.3, 0.4) is 0 Å². The Bertz CT molecular complexity index is 420. The first-order valence-electron chi connectivity index (χ1n) is 5.77. The Morgan fingerprint density at radius 1 is 1.38 bits per heavy atom. The standard InChI is InChI=1S/C12H14BrNO2/c13-9-5-10(12(15)16)14(6-9)11(7-1-2-7)8-3-4-8/h5-8,11H,1-4H2,(H,15,16). The van der Waals surface area contributed by atoms with Crippen LogP contribution in [0, 0.1) is 11.8 Å². The summed E-state index contributed by atoms with van der Waals surface area (Å²) in [6, 6.07) is 2.14. The molecule has 0 atom stereocenters. The van der Waals surface area contributed by atoms with E-state index in [4.69, 9.17) is 0 Å². The van der Waals surface area contributed by atoms with Gasteiger partial charge in [0.15, 0.2) is 0 Å². The molecule has 4 heteroatoms. The Morgan fingerprint density at radius 2 is 1.94 bits per heavy atom. The first-order chi connectivity index (χ1) is 7.66. The monoisotopic (exact) mass is 283 g/mol. The fourth-order valence-corrected chi connectivity index (χ4v) is 3.02. The van der Waals surface area contributed by atoms with Crippen LogP contribution in [0.2, 0.25) is 0 Å². The molecule has 0 bridgehead atoms. The van der Waals surface area contributed by atoms with Gasteiger partial charge in [0.25, 0.3) is 0 Å². The number of rotatable bonds is 4. The molecule has 0 radical (unpaired) electrons. The van der Waals surface area contributed by atoms with Crippen LogP contribution in [-0.2, 0) is 0 Å². The minimum atomic E-state index is -0.822. The van der Waals surface area contributed by atoms with Gasteiger partial charge in [-0.1, -0.05) is 0 Å². The number of nitrogens with zero attached hydrogens (tertiary/aromatic N) is 1. The molecule has 0 saturated heterocycles.